The summed E-state index contributed by atoms with van der Waals surface area (Å²) < 4.78 is 15.1. The number of hydrogen-bond acceptors (Lipinski definition) is 4. The van der Waals surface area contributed by atoms with Crippen LogP contribution in [0.15, 0.2) is 54.7 Å². The summed E-state index contributed by atoms with van der Waals surface area (Å²) >= 11 is 0. The third-order valence-electron chi connectivity index (χ3n) is 6.02. The Morgan fingerprint density at radius 2 is 1.79 bits per heavy atom. The number of nitriles is 1. The van der Waals surface area contributed by atoms with Crippen molar-refractivity contribution in [2.24, 2.45) is 0 Å². The van der Waals surface area contributed by atoms with Gasteiger partial charge in [0.1, 0.15) is 5.82 Å². The molecular weight excluding hydrogens is 417 g/mol. The Morgan fingerprint density at radius 3 is 2.45 bits per heavy atom. The molecule has 0 unspecified atom stereocenters. The van der Waals surface area contributed by atoms with Crippen LogP contribution in [0.25, 0.3) is 5.69 Å². The molecule has 4 rings (SSSR count). The molecule has 2 heterocycles. The predicted molar refractivity (Wildman–Crippen MR) is 125 cm³/mol. The van der Waals surface area contributed by atoms with Crippen molar-refractivity contribution >= 4 is 5.91 Å². The van der Waals surface area contributed by atoms with Gasteiger partial charge in [-0.05, 0) is 54.3 Å². The molecule has 3 aromatic rings. The van der Waals surface area contributed by atoms with Gasteiger partial charge < -0.3 is 4.90 Å². The summed E-state index contributed by atoms with van der Waals surface area (Å²) in [6, 6.07) is 16.0. The van der Waals surface area contributed by atoms with Crippen LogP contribution in [0, 0.1) is 17.1 Å². The van der Waals surface area contributed by atoms with Gasteiger partial charge in [-0.1, -0.05) is 26.0 Å². The topological polar surface area (TPSA) is 65.2 Å². The molecule has 0 radical (unpaired) electrons. The fourth-order valence-corrected chi connectivity index (χ4v) is 4.31. The molecule has 1 amide bonds. The van der Waals surface area contributed by atoms with Crippen molar-refractivity contribution < 1.29 is 9.18 Å². The summed E-state index contributed by atoms with van der Waals surface area (Å²) in [6.07, 6.45) is 2.53. The first-order valence-corrected chi connectivity index (χ1v) is 11.3. The molecule has 1 aliphatic rings. The Morgan fingerprint density at radius 1 is 1.06 bits per heavy atom. The number of nitrogens with zero attached hydrogens (tertiary/aromatic N) is 5. The Hall–Kier alpha value is -3.50. The zero-order chi connectivity index (χ0) is 23.4. The van der Waals surface area contributed by atoms with E-state index in [1.807, 2.05) is 43.0 Å². The van der Waals surface area contributed by atoms with Crippen LogP contribution in [0.2, 0.25) is 0 Å². The number of hydrogen-bond donors (Lipinski definition) is 0. The van der Waals surface area contributed by atoms with Gasteiger partial charge in [-0.25, -0.2) is 9.07 Å². The van der Waals surface area contributed by atoms with Crippen LogP contribution in [-0.2, 0) is 6.54 Å². The van der Waals surface area contributed by atoms with Crippen molar-refractivity contribution in [1.82, 2.24) is 19.6 Å². The van der Waals surface area contributed by atoms with Gasteiger partial charge in [0.25, 0.3) is 5.91 Å². The average molecular weight is 446 g/mol. The number of benzene rings is 2. The van der Waals surface area contributed by atoms with Gasteiger partial charge in [0.15, 0.2) is 0 Å². The molecule has 0 bridgehead atoms. The molecule has 2 aromatic carbocycles. The zero-order valence-corrected chi connectivity index (χ0v) is 19.0. The lowest BCUT2D eigenvalue weighted by atomic mass is 10.0. The lowest BCUT2D eigenvalue weighted by molar-refractivity contribution is 0.0759. The van der Waals surface area contributed by atoms with Crippen LogP contribution < -0.4 is 0 Å². The van der Waals surface area contributed by atoms with E-state index in [9.17, 15) is 9.18 Å². The van der Waals surface area contributed by atoms with Gasteiger partial charge in [0, 0.05) is 32.7 Å². The molecule has 0 atom stereocenters. The van der Waals surface area contributed by atoms with Gasteiger partial charge in [-0.3, -0.25) is 9.69 Å². The van der Waals surface area contributed by atoms with Crippen molar-refractivity contribution in [1.29, 1.82) is 5.26 Å². The fourth-order valence-electron chi connectivity index (χ4n) is 4.31. The molecule has 1 aliphatic heterocycles. The molecule has 7 heteroatoms. The van der Waals surface area contributed by atoms with Crippen LogP contribution in [0.4, 0.5) is 4.39 Å². The van der Waals surface area contributed by atoms with Gasteiger partial charge in [-0.2, -0.15) is 10.4 Å². The van der Waals surface area contributed by atoms with Crippen molar-refractivity contribution in [2.75, 3.05) is 26.2 Å². The minimum atomic E-state index is -0.302. The van der Waals surface area contributed by atoms with Crippen LogP contribution in [0.5, 0.6) is 0 Å². The Labute approximate surface area is 193 Å². The Bertz CT molecular complexity index is 1140. The number of aromatic nitrogens is 2. The highest BCUT2D eigenvalue weighted by Gasteiger charge is 2.26. The standard InChI is InChI=1S/C26H28FN5O/c1-19(2)25-24(17-29-32(25)23-10-8-22(27)9-11-23)26(33)31-13-3-12-30(14-15-31)18-21-6-4-20(16-28)5-7-21/h4-11,17,19H,3,12-15,18H2,1-2H3. The van der Waals surface area contributed by atoms with Crippen molar-refractivity contribution in [2.45, 2.75) is 32.7 Å². The number of halogens is 1. The molecule has 0 saturated carbocycles. The van der Waals surface area contributed by atoms with Crippen LogP contribution in [-0.4, -0.2) is 51.7 Å². The monoisotopic (exact) mass is 445 g/mol. The third kappa shape index (κ3) is 5.12. The summed E-state index contributed by atoms with van der Waals surface area (Å²) in [5.41, 5.74) is 4.01. The highest BCUT2D eigenvalue weighted by atomic mass is 19.1. The SMILES string of the molecule is CC(C)c1c(C(=O)N2CCCN(Cc3ccc(C#N)cc3)CC2)cnn1-c1ccc(F)cc1. The van der Waals surface area contributed by atoms with Gasteiger partial charge in [0.2, 0.25) is 0 Å². The molecule has 33 heavy (non-hydrogen) atoms. The van der Waals surface area contributed by atoms with E-state index in [0.29, 0.717) is 24.2 Å². The maximum Gasteiger partial charge on any atom is 0.257 e. The molecule has 170 valence electrons. The number of carbonyl (C=O) groups excluding carboxylic acids is 1. The summed E-state index contributed by atoms with van der Waals surface area (Å²) in [5.74, 6) is -0.230. The largest absolute Gasteiger partial charge is 0.337 e. The van der Waals surface area contributed by atoms with Crippen molar-refractivity contribution in [3.05, 3.63) is 82.9 Å². The number of amides is 1. The van der Waals surface area contributed by atoms with E-state index >= 15 is 0 Å². The first-order valence-electron chi connectivity index (χ1n) is 11.3. The van der Waals surface area contributed by atoms with Crippen LogP contribution >= 0.6 is 0 Å². The van der Waals surface area contributed by atoms with Crippen molar-refractivity contribution in [3.8, 4) is 11.8 Å². The molecule has 6 nitrogen and oxygen atoms in total. The minimum absolute atomic E-state index is 0.00714. The first kappa shape index (κ1) is 22.7. The van der Waals surface area contributed by atoms with Gasteiger partial charge >= 0.3 is 0 Å². The second-order valence-corrected chi connectivity index (χ2v) is 8.72. The van der Waals surface area contributed by atoms with Crippen LogP contribution in [0.3, 0.4) is 0 Å². The molecule has 1 aromatic heterocycles. The number of carbonyl (C=O) groups is 1. The minimum Gasteiger partial charge on any atom is -0.337 e. The van der Waals surface area contributed by atoms with E-state index in [2.05, 4.69) is 16.1 Å². The summed E-state index contributed by atoms with van der Waals surface area (Å²) in [6.45, 7) is 7.92. The molecule has 0 N–H and O–H groups in total. The summed E-state index contributed by atoms with van der Waals surface area (Å²) in [4.78, 5) is 17.7. The molecule has 0 aliphatic carbocycles. The number of rotatable bonds is 5. The van der Waals surface area contributed by atoms with Gasteiger partial charge in [0.05, 0.1) is 34.8 Å². The third-order valence-corrected chi connectivity index (χ3v) is 6.02. The lowest BCUT2D eigenvalue weighted by Gasteiger charge is -2.23. The highest BCUT2D eigenvalue weighted by Crippen LogP contribution is 2.25. The predicted octanol–water partition coefficient (Wildman–Crippen LogP) is 4.35. The first-order chi connectivity index (χ1) is 16.0. The maximum absolute atomic E-state index is 13.5. The maximum atomic E-state index is 13.5. The fraction of sp³-hybridized carbons (Fsp3) is 0.346. The quantitative estimate of drug-likeness (QED) is 0.586. The second-order valence-electron chi connectivity index (χ2n) is 8.72. The zero-order valence-electron chi connectivity index (χ0n) is 19.0. The molecular formula is C26H28FN5O. The molecule has 0 spiro atoms. The van der Waals surface area contributed by atoms with Gasteiger partial charge in [-0.15, -0.1) is 0 Å². The van der Waals surface area contributed by atoms with Crippen LogP contribution in [0.1, 0.15) is 53.4 Å². The van der Waals surface area contributed by atoms with E-state index < -0.39 is 0 Å². The van der Waals surface area contributed by atoms with E-state index in [-0.39, 0.29) is 17.6 Å². The average Bonchev–Trinajstić information content (AvgIpc) is 3.14. The van der Waals surface area contributed by atoms with E-state index in [1.165, 1.54) is 12.1 Å². The summed E-state index contributed by atoms with van der Waals surface area (Å²) in [7, 11) is 0. The van der Waals surface area contributed by atoms with E-state index in [4.69, 9.17) is 5.26 Å². The second kappa shape index (κ2) is 9.97. The summed E-state index contributed by atoms with van der Waals surface area (Å²) in [5, 5.41) is 13.4. The molecule has 1 fully saturated rings. The van der Waals surface area contributed by atoms with E-state index in [1.54, 1.807) is 23.0 Å². The van der Waals surface area contributed by atoms with E-state index in [0.717, 1.165) is 43.0 Å². The highest BCUT2D eigenvalue weighted by molar-refractivity contribution is 5.95. The lowest BCUT2D eigenvalue weighted by Crippen LogP contribution is -2.35. The normalized spacial score (nSPS) is 14.8. The molecule has 1 saturated heterocycles. The Kier molecular flexibility index (Phi) is 6.85. The smallest absolute Gasteiger partial charge is 0.257 e. The van der Waals surface area contributed by atoms with Crippen molar-refractivity contribution in [3.63, 3.8) is 0 Å². The Balaban J connectivity index is 1.48.